The first-order valence-corrected chi connectivity index (χ1v) is 7.19. The molecule has 0 aromatic carbocycles. The monoisotopic (exact) mass is 262 g/mol. The van der Waals surface area contributed by atoms with E-state index in [-0.39, 0.29) is 0 Å². The van der Waals surface area contributed by atoms with Gasteiger partial charge in [-0.3, -0.25) is 0 Å². The Morgan fingerprint density at radius 2 is 2.16 bits per heavy atom. The number of nitrogens with one attached hydrogen (secondary N) is 1. The second-order valence-corrected chi connectivity index (χ2v) is 5.84. The zero-order valence-electron chi connectivity index (χ0n) is 12.6. The summed E-state index contributed by atoms with van der Waals surface area (Å²) < 4.78 is 0. The third-order valence-electron chi connectivity index (χ3n) is 3.81. The molecule has 1 saturated heterocycles. The van der Waals surface area contributed by atoms with Crippen molar-refractivity contribution in [3.05, 3.63) is 23.9 Å². The molecular formula is C15H26N4. The largest absolute Gasteiger partial charge is 0.354 e. The summed E-state index contributed by atoms with van der Waals surface area (Å²) in [5, 5.41) is 3.41. The van der Waals surface area contributed by atoms with Crippen molar-refractivity contribution >= 4 is 5.82 Å². The van der Waals surface area contributed by atoms with Gasteiger partial charge in [-0.25, -0.2) is 4.98 Å². The van der Waals surface area contributed by atoms with Crippen LogP contribution < -0.4 is 10.2 Å². The second kappa shape index (κ2) is 6.35. The molecule has 1 aliphatic heterocycles. The lowest BCUT2D eigenvalue weighted by molar-refractivity contribution is 0.233. The highest BCUT2D eigenvalue weighted by Crippen LogP contribution is 2.16. The lowest BCUT2D eigenvalue weighted by Crippen LogP contribution is -2.50. The van der Waals surface area contributed by atoms with Crippen LogP contribution in [0.15, 0.2) is 18.3 Å². The molecule has 0 spiro atoms. The van der Waals surface area contributed by atoms with Gasteiger partial charge in [0.15, 0.2) is 0 Å². The van der Waals surface area contributed by atoms with E-state index in [1.54, 1.807) is 0 Å². The molecule has 0 aliphatic carbocycles. The van der Waals surface area contributed by atoms with Crippen molar-refractivity contribution in [3.63, 3.8) is 0 Å². The number of hydrogen-bond acceptors (Lipinski definition) is 4. The molecule has 1 fully saturated rings. The molecule has 1 atom stereocenters. The number of hydrogen-bond donors (Lipinski definition) is 1. The normalized spacial score (nSPS) is 21.1. The number of likely N-dealkylation sites (N-methyl/N-ethyl adjacent to an activating group) is 1. The van der Waals surface area contributed by atoms with Gasteiger partial charge in [0.25, 0.3) is 0 Å². The van der Waals surface area contributed by atoms with E-state index < -0.39 is 0 Å². The molecule has 19 heavy (non-hydrogen) atoms. The summed E-state index contributed by atoms with van der Waals surface area (Å²) in [4.78, 5) is 9.39. The smallest absolute Gasteiger partial charge is 0.128 e. The maximum Gasteiger partial charge on any atom is 0.128 e. The third kappa shape index (κ3) is 3.91. The molecule has 2 rings (SSSR count). The maximum atomic E-state index is 4.61. The molecule has 0 amide bonds. The lowest BCUT2D eigenvalue weighted by atomic mass is 10.2. The van der Waals surface area contributed by atoms with E-state index >= 15 is 0 Å². The van der Waals surface area contributed by atoms with E-state index in [2.05, 4.69) is 60.1 Å². The van der Waals surface area contributed by atoms with Crippen LogP contribution in [0.3, 0.4) is 0 Å². The van der Waals surface area contributed by atoms with Crippen LogP contribution in [0.4, 0.5) is 5.82 Å². The van der Waals surface area contributed by atoms with E-state index in [4.69, 9.17) is 0 Å². The third-order valence-corrected chi connectivity index (χ3v) is 3.81. The Morgan fingerprint density at radius 1 is 1.37 bits per heavy atom. The minimum absolute atomic E-state index is 0.512. The Bertz CT molecular complexity index is 388. The number of pyridine rings is 1. The molecule has 1 N–H and O–H groups in total. The predicted molar refractivity (Wildman–Crippen MR) is 80.5 cm³/mol. The van der Waals surface area contributed by atoms with E-state index in [1.807, 2.05) is 6.20 Å². The number of anilines is 1. The quantitative estimate of drug-likeness (QED) is 0.895. The van der Waals surface area contributed by atoms with Gasteiger partial charge in [-0.05, 0) is 25.6 Å². The van der Waals surface area contributed by atoms with Crippen molar-refractivity contribution in [2.75, 3.05) is 31.6 Å². The number of aromatic nitrogens is 1. The molecule has 1 aliphatic rings. The molecule has 0 bridgehead atoms. The zero-order valence-corrected chi connectivity index (χ0v) is 12.6. The first kappa shape index (κ1) is 14.3. The molecule has 1 aromatic rings. The van der Waals surface area contributed by atoms with Crippen LogP contribution in [0, 0.1) is 0 Å². The summed E-state index contributed by atoms with van der Waals surface area (Å²) in [7, 11) is 2.19. The average Bonchev–Trinajstić information content (AvgIpc) is 2.40. The Morgan fingerprint density at radius 3 is 2.74 bits per heavy atom. The van der Waals surface area contributed by atoms with E-state index in [0.717, 1.165) is 32.0 Å². The molecule has 4 nitrogen and oxygen atoms in total. The van der Waals surface area contributed by atoms with Crippen molar-refractivity contribution in [1.29, 1.82) is 0 Å². The van der Waals surface area contributed by atoms with Gasteiger partial charge in [0.2, 0.25) is 0 Å². The molecule has 106 valence electrons. The first-order valence-electron chi connectivity index (χ1n) is 7.19. The molecule has 1 unspecified atom stereocenters. The van der Waals surface area contributed by atoms with Crippen LogP contribution in [-0.4, -0.2) is 48.6 Å². The van der Waals surface area contributed by atoms with Crippen molar-refractivity contribution in [3.8, 4) is 0 Å². The summed E-state index contributed by atoms with van der Waals surface area (Å²) in [5.41, 5.74) is 1.25. The number of piperazine rings is 1. The molecule has 0 radical (unpaired) electrons. The van der Waals surface area contributed by atoms with Crippen molar-refractivity contribution in [2.45, 2.75) is 39.4 Å². The first-order chi connectivity index (χ1) is 9.06. The van der Waals surface area contributed by atoms with E-state index in [9.17, 15) is 0 Å². The topological polar surface area (TPSA) is 31.4 Å². The van der Waals surface area contributed by atoms with Crippen molar-refractivity contribution in [1.82, 2.24) is 15.2 Å². The van der Waals surface area contributed by atoms with E-state index in [0.29, 0.717) is 12.1 Å². The molecule has 1 aromatic heterocycles. The Kier molecular flexibility index (Phi) is 4.77. The van der Waals surface area contributed by atoms with Crippen LogP contribution >= 0.6 is 0 Å². The van der Waals surface area contributed by atoms with E-state index in [1.165, 1.54) is 5.56 Å². The van der Waals surface area contributed by atoms with Gasteiger partial charge in [-0.2, -0.15) is 0 Å². The fraction of sp³-hybridized carbons (Fsp3) is 0.667. The lowest BCUT2D eigenvalue weighted by Gasteiger charge is -2.38. The van der Waals surface area contributed by atoms with Crippen LogP contribution in [0.2, 0.25) is 0 Å². The standard InChI is InChI=1S/C15H26N4/c1-12(2)16-9-14-5-6-15(17-10-14)19-8-7-18(4)13(3)11-19/h5-6,10,12-13,16H,7-9,11H2,1-4H3. The maximum absolute atomic E-state index is 4.61. The summed E-state index contributed by atoms with van der Waals surface area (Å²) in [6, 6.07) is 5.44. The summed E-state index contributed by atoms with van der Waals surface area (Å²) in [6.45, 7) is 10.7. The van der Waals surface area contributed by atoms with Gasteiger partial charge in [0, 0.05) is 44.5 Å². The summed E-state index contributed by atoms with van der Waals surface area (Å²) in [5.74, 6) is 1.10. The number of rotatable bonds is 4. The second-order valence-electron chi connectivity index (χ2n) is 5.84. The van der Waals surface area contributed by atoms with Gasteiger partial charge in [0.05, 0.1) is 0 Å². The molecule has 4 heteroatoms. The van der Waals surface area contributed by atoms with Crippen LogP contribution in [0.1, 0.15) is 26.3 Å². The SMILES string of the molecule is CC(C)NCc1ccc(N2CCN(C)C(C)C2)nc1. The predicted octanol–water partition coefficient (Wildman–Crippen LogP) is 1.72. The molecule has 0 saturated carbocycles. The Balaban J connectivity index is 1.94. The highest BCUT2D eigenvalue weighted by molar-refractivity contribution is 5.40. The fourth-order valence-electron chi connectivity index (χ4n) is 2.29. The number of nitrogens with zero attached hydrogens (tertiary/aromatic N) is 3. The van der Waals surface area contributed by atoms with Gasteiger partial charge in [-0.1, -0.05) is 19.9 Å². The highest BCUT2D eigenvalue weighted by atomic mass is 15.3. The van der Waals surface area contributed by atoms with Crippen LogP contribution in [0.5, 0.6) is 0 Å². The summed E-state index contributed by atoms with van der Waals surface area (Å²) in [6.07, 6.45) is 1.99. The molecule has 2 heterocycles. The molecular weight excluding hydrogens is 236 g/mol. The zero-order chi connectivity index (χ0) is 13.8. The van der Waals surface area contributed by atoms with Crippen molar-refractivity contribution in [2.24, 2.45) is 0 Å². The Labute approximate surface area is 116 Å². The minimum atomic E-state index is 0.512. The average molecular weight is 262 g/mol. The minimum Gasteiger partial charge on any atom is -0.354 e. The van der Waals surface area contributed by atoms with Gasteiger partial charge < -0.3 is 15.1 Å². The van der Waals surface area contributed by atoms with Gasteiger partial charge in [0.1, 0.15) is 5.82 Å². The fourth-order valence-corrected chi connectivity index (χ4v) is 2.29. The van der Waals surface area contributed by atoms with Crippen molar-refractivity contribution < 1.29 is 0 Å². The Hall–Kier alpha value is -1.13. The van der Waals surface area contributed by atoms with Gasteiger partial charge in [-0.15, -0.1) is 0 Å². The van der Waals surface area contributed by atoms with Gasteiger partial charge >= 0.3 is 0 Å². The highest BCUT2D eigenvalue weighted by Gasteiger charge is 2.21. The summed E-state index contributed by atoms with van der Waals surface area (Å²) >= 11 is 0. The van der Waals surface area contributed by atoms with Crippen LogP contribution in [0.25, 0.3) is 0 Å². The van der Waals surface area contributed by atoms with Crippen LogP contribution in [-0.2, 0) is 6.54 Å².